The highest BCUT2D eigenvalue weighted by Crippen LogP contribution is 2.08. The predicted octanol–water partition coefficient (Wildman–Crippen LogP) is 2.37. The molecule has 1 N–H and O–H groups in total. The lowest BCUT2D eigenvalue weighted by atomic mass is 10.3. The number of hydrogen-bond donors (Lipinski definition) is 1. The van der Waals surface area contributed by atoms with Crippen LogP contribution in [0.2, 0.25) is 5.02 Å². The normalized spacial score (nSPS) is 10.1. The number of aryl methyl sites for hydroxylation is 1. The van der Waals surface area contributed by atoms with Crippen molar-refractivity contribution in [2.75, 3.05) is 0 Å². The van der Waals surface area contributed by atoms with E-state index in [-0.39, 0.29) is 5.91 Å². The van der Waals surface area contributed by atoms with Crippen LogP contribution in [0.4, 0.5) is 0 Å². The van der Waals surface area contributed by atoms with Gasteiger partial charge >= 0.3 is 0 Å². The van der Waals surface area contributed by atoms with Crippen molar-refractivity contribution in [3.8, 4) is 0 Å². The summed E-state index contributed by atoms with van der Waals surface area (Å²) in [5.41, 5.74) is 2.03. The monoisotopic (exact) mass is 261 g/mol. The van der Waals surface area contributed by atoms with Gasteiger partial charge in [0.15, 0.2) is 0 Å². The molecule has 0 saturated carbocycles. The van der Waals surface area contributed by atoms with Crippen molar-refractivity contribution in [2.45, 2.75) is 13.5 Å². The lowest BCUT2D eigenvalue weighted by molar-refractivity contribution is 0.0945. The third-order valence-electron chi connectivity index (χ3n) is 2.33. The Morgan fingerprint density at radius 2 is 2.22 bits per heavy atom. The first-order chi connectivity index (χ1) is 8.65. The van der Waals surface area contributed by atoms with Crippen molar-refractivity contribution < 1.29 is 4.79 Å². The molecule has 2 aromatic rings. The molecule has 0 atom stereocenters. The van der Waals surface area contributed by atoms with Gasteiger partial charge in [0.25, 0.3) is 5.91 Å². The van der Waals surface area contributed by atoms with Crippen molar-refractivity contribution in [2.24, 2.45) is 0 Å². The lowest BCUT2D eigenvalue weighted by Gasteiger charge is -2.05. The summed E-state index contributed by atoms with van der Waals surface area (Å²) in [4.78, 5) is 20.0. The van der Waals surface area contributed by atoms with Gasteiger partial charge in [0, 0.05) is 16.9 Å². The zero-order valence-corrected chi connectivity index (χ0v) is 10.6. The molecule has 2 aromatic heterocycles. The molecule has 92 valence electrons. The minimum Gasteiger partial charge on any atom is -0.345 e. The number of aromatic nitrogens is 2. The van der Waals surface area contributed by atoms with E-state index in [4.69, 9.17) is 11.6 Å². The van der Waals surface area contributed by atoms with Crippen LogP contribution in [0.5, 0.6) is 0 Å². The van der Waals surface area contributed by atoms with Crippen LogP contribution in [0.3, 0.4) is 0 Å². The molecule has 0 aliphatic heterocycles. The average molecular weight is 262 g/mol. The highest BCUT2D eigenvalue weighted by molar-refractivity contribution is 6.30. The van der Waals surface area contributed by atoms with Crippen molar-refractivity contribution in [3.05, 3.63) is 58.6 Å². The summed E-state index contributed by atoms with van der Waals surface area (Å²) in [7, 11) is 0. The Kier molecular flexibility index (Phi) is 3.89. The molecule has 0 fully saturated rings. The second-order valence-electron chi connectivity index (χ2n) is 3.81. The molecule has 2 rings (SSSR count). The highest BCUT2D eigenvalue weighted by Gasteiger charge is 2.07. The lowest BCUT2D eigenvalue weighted by Crippen LogP contribution is -2.24. The van der Waals surface area contributed by atoms with Crippen LogP contribution < -0.4 is 5.32 Å². The summed E-state index contributed by atoms with van der Waals surface area (Å²) < 4.78 is 0. The summed E-state index contributed by atoms with van der Waals surface area (Å²) in [5, 5.41) is 3.24. The summed E-state index contributed by atoms with van der Waals surface area (Å²) in [6.07, 6.45) is 1.50. The van der Waals surface area contributed by atoms with Crippen molar-refractivity contribution in [1.29, 1.82) is 0 Å². The van der Waals surface area contributed by atoms with Crippen LogP contribution in [0.25, 0.3) is 0 Å². The molecule has 0 aliphatic carbocycles. The van der Waals surface area contributed by atoms with Gasteiger partial charge in [0.05, 0.1) is 12.2 Å². The van der Waals surface area contributed by atoms with E-state index in [0.717, 1.165) is 11.4 Å². The highest BCUT2D eigenvalue weighted by atomic mass is 35.5. The molecule has 0 bridgehead atoms. The number of nitrogens with zero attached hydrogens (tertiary/aromatic N) is 2. The third-order valence-corrected chi connectivity index (χ3v) is 2.57. The summed E-state index contributed by atoms with van der Waals surface area (Å²) in [6.45, 7) is 2.28. The van der Waals surface area contributed by atoms with E-state index >= 15 is 0 Å². The summed E-state index contributed by atoms with van der Waals surface area (Å²) in [6, 6.07) is 8.82. The molecule has 0 aliphatic rings. The Hall–Kier alpha value is -1.94. The van der Waals surface area contributed by atoms with E-state index in [1.54, 1.807) is 6.07 Å². The smallest absolute Gasteiger partial charge is 0.270 e. The number of rotatable bonds is 3. The largest absolute Gasteiger partial charge is 0.345 e. The van der Waals surface area contributed by atoms with Crippen molar-refractivity contribution in [1.82, 2.24) is 15.3 Å². The maximum absolute atomic E-state index is 11.8. The Labute approximate surface area is 110 Å². The Balaban J connectivity index is 2.00. The van der Waals surface area contributed by atoms with Crippen LogP contribution in [0.1, 0.15) is 21.9 Å². The maximum atomic E-state index is 11.8. The minimum absolute atomic E-state index is 0.263. The maximum Gasteiger partial charge on any atom is 0.270 e. The number of carbonyl (C=O) groups excluding carboxylic acids is 1. The first-order valence-electron chi connectivity index (χ1n) is 5.47. The molecule has 0 aromatic carbocycles. The van der Waals surface area contributed by atoms with Gasteiger partial charge in [-0.25, -0.2) is 0 Å². The fourth-order valence-electron chi connectivity index (χ4n) is 1.49. The summed E-state index contributed by atoms with van der Waals surface area (Å²) >= 11 is 5.79. The molecule has 0 unspecified atom stereocenters. The number of carbonyl (C=O) groups is 1. The fraction of sp³-hybridized carbons (Fsp3) is 0.154. The zero-order valence-electron chi connectivity index (χ0n) is 9.85. The average Bonchev–Trinajstić information content (AvgIpc) is 2.36. The number of halogens is 1. The summed E-state index contributed by atoms with van der Waals surface area (Å²) in [5.74, 6) is -0.263. The van der Waals surface area contributed by atoms with Crippen molar-refractivity contribution >= 4 is 17.5 Å². The van der Waals surface area contributed by atoms with Crippen LogP contribution in [0.15, 0.2) is 36.5 Å². The third kappa shape index (κ3) is 3.28. The van der Waals surface area contributed by atoms with Gasteiger partial charge in [0.2, 0.25) is 0 Å². The van der Waals surface area contributed by atoms with Gasteiger partial charge in [-0.3, -0.25) is 14.8 Å². The molecule has 2 heterocycles. The number of nitrogens with one attached hydrogen (secondary N) is 1. The molecule has 5 heteroatoms. The first kappa shape index (κ1) is 12.5. The molecule has 0 radical (unpaired) electrons. The van der Waals surface area contributed by atoms with Gasteiger partial charge in [-0.2, -0.15) is 0 Å². The molecule has 0 spiro atoms. The van der Waals surface area contributed by atoms with Crippen LogP contribution in [-0.4, -0.2) is 15.9 Å². The fourth-order valence-corrected chi connectivity index (χ4v) is 1.65. The molecule has 18 heavy (non-hydrogen) atoms. The topological polar surface area (TPSA) is 54.9 Å². The van der Waals surface area contributed by atoms with E-state index in [0.29, 0.717) is 17.3 Å². The van der Waals surface area contributed by atoms with E-state index in [2.05, 4.69) is 15.3 Å². The van der Waals surface area contributed by atoms with Gasteiger partial charge in [-0.05, 0) is 31.2 Å². The molecule has 1 amide bonds. The second kappa shape index (κ2) is 5.60. The zero-order chi connectivity index (χ0) is 13.0. The van der Waals surface area contributed by atoms with E-state index in [9.17, 15) is 4.79 Å². The van der Waals surface area contributed by atoms with Gasteiger partial charge in [-0.15, -0.1) is 0 Å². The van der Waals surface area contributed by atoms with Gasteiger partial charge in [0.1, 0.15) is 5.69 Å². The molecular weight excluding hydrogens is 250 g/mol. The number of hydrogen-bond acceptors (Lipinski definition) is 3. The molecule has 4 nitrogen and oxygen atoms in total. The van der Waals surface area contributed by atoms with E-state index in [1.807, 2.05) is 25.1 Å². The van der Waals surface area contributed by atoms with Crippen LogP contribution in [-0.2, 0) is 6.54 Å². The molecular formula is C13H12ClN3O. The standard InChI is InChI=1S/C13H12ClN3O/c1-9-3-2-4-11(17-9)8-16-13(18)12-7-10(14)5-6-15-12/h2-7H,8H2,1H3,(H,16,18). The Bertz CT molecular complexity index is 572. The van der Waals surface area contributed by atoms with Gasteiger partial charge < -0.3 is 5.32 Å². The van der Waals surface area contributed by atoms with Gasteiger partial charge in [-0.1, -0.05) is 17.7 Å². The van der Waals surface area contributed by atoms with Crippen molar-refractivity contribution in [3.63, 3.8) is 0 Å². The van der Waals surface area contributed by atoms with E-state index < -0.39 is 0 Å². The first-order valence-corrected chi connectivity index (χ1v) is 5.85. The molecule has 0 saturated heterocycles. The Morgan fingerprint density at radius 3 is 2.94 bits per heavy atom. The van der Waals surface area contributed by atoms with E-state index in [1.165, 1.54) is 12.3 Å². The second-order valence-corrected chi connectivity index (χ2v) is 4.25. The number of pyridine rings is 2. The Morgan fingerprint density at radius 1 is 1.39 bits per heavy atom. The quantitative estimate of drug-likeness (QED) is 0.923. The van der Waals surface area contributed by atoms with Crippen LogP contribution >= 0.6 is 11.6 Å². The number of amides is 1. The minimum atomic E-state index is -0.263. The predicted molar refractivity (Wildman–Crippen MR) is 69.4 cm³/mol. The van der Waals surface area contributed by atoms with Crippen LogP contribution in [0, 0.1) is 6.92 Å². The SMILES string of the molecule is Cc1cccc(CNC(=O)c2cc(Cl)ccn2)n1.